The molecule has 2 heteroatoms. The van der Waals surface area contributed by atoms with E-state index in [4.69, 9.17) is 0 Å². The first-order valence-electron chi connectivity index (χ1n) is 6.60. The molecule has 0 aromatic rings. The van der Waals surface area contributed by atoms with Gasteiger partial charge in [-0.05, 0) is 37.8 Å². The van der Waals surface area contributed by atoms with Gasteiger partial charge in [0.2, 0.25) is 0 Å². The first kappa shape index (κ1) is 11.4. The van der Waals surface area contributed by atoms with E-state index in [-0.39, 0.29) is 0 Å². The Morgan fingerprint density at radius 2 is 2.13 bits per heavy atom. The van der Waals surface area contributed by atoms with E-state index in [1.165, 1.54) is 38.8 Å². The monoisotopic (exact) mass is 210 g/mol. The summed E-state index contributed by atoms with van der Waals surface area (Å²) in [6.07, 6.45) is 5.59. The highest BCUT2D eigenvalue weighted by molar-refractivity contribution is 4.95. The Kier molecular flexibility index (Phi) is 3.36. The smallest absolute Gasteiger partial charge is 0.0249 e. The van der Waals surface area contributed by atoms with Gasteiger partial charge in [0.15, 0.2) is 0 Å². The van der Waals surface area contributed by atoms with Crippen LogP contribution in [0.2, 0.25) is 0 Å². The molecule has 0 amide bonds. The zero-order valence-electron chi connectivity index (χ0n) is 10.6. The summed E-state index contributed by atoms with van der Waals surface area (Å²) in [6.45, 7) is 10.8. The summed E-state index contributed by atoms with van der Waals surface area (Å²) < 4.78 is 0. The SMILES string of the molecule is CCNC1CCCC1N1CCC(C)(C)C1. The fraction of sp³-hybridized carbons (Fsp3) is 1.00. The summed E-state index contributed by atoms with van der Waals surface area (Å²) in [4.78, 5) is 2.74. The number of likely N-dealkylation sites (tertiary alicyclic amines) is 1. The van der Waals surface area contributed by atoms with E-state index < -0.39 is 0 Å². The van der Waals surface area contributed by atoms with Crippen molar-refractivity contribution in [2.24, 2.45) is 5.41 Å². The van der Waals surface area contributed by atoms with Crippen LogP contribution in [-0.4, -0.2) is 36.6 Å². The molecule has 1 heterocycles. The summed E-state index contributed by atoms with van der Waals surface area (Å²) >= 11 is 0. The molecule has 0 spiro atoms. The van der Waals surface area contributed by atoms with E-state index in [1.54, 1.807) is 0 Å². The third kappa shape index (κ3) is 2.54. The molecule has 2 nitrogen and oxygen atoms in total. The van der Waals surface area contributed by atoms with Crippen molar-refractivity contribution in [2.45, 2.75) is 58.5 Å². The lowest BCUT2D eigenvalue weighted by Crippen LogP contribution is -2.46. The van der Waals surface area contributed by atoms with Gasteiger partial charge in [-0.2, -0.15) is 0 Å². The molecule has 1 N–H and O–H groups in total. The maximum atomic E-state index is 3.66. The second kappa shape index (κ2) is 4.42. The van der Waals surface area contributed by atoms with Gasteiger partial charge in [0, 0.05) is 18.6 Å². The topological polar surface area (TPSA) is 15.3 Å². The largest absolute Gasteiger partial charge is 0.313 e. The van der Waals surface area contributed by atoms with E-state index in [9.17, 15) is 0 Å². The van der Waals surface area contributed by atoms with Crippen molar-refractivity contribution in [3.63, 3.8) is 0 Å². The van der Waals surface area contributed by atoms with E-state index in [0.29, 0.717) is 5.41 Å². The van der Waals surface area contributed by atoms with Crippen molar-refractivity contribution >= 4 is 0 Å². The molecule has 2 unspecified atom stereocenters. The molecule has 2 fully saturated rings. The molecule has 1 aliphatic heterocycles. The molecule has 1 saturated heterocycles. The van der Waals surface area contributed by atoms with Gasteiger partial charge in [0.1, 0.15) is 0 Å². The Balaban J connectivity index is 1.93. The molecule has 2 rings (SSSR count). The van der Waals surface area contributed by atoms with Crippen molar-refractivity contribution < 1.29 is 0 Å². The summed E-state index contributed by atoms with van der Waals surface area (Å²) in [6, 6.07) is 1.59. The van der Waals surface area contributed by atoms with Crippen LogP contribution in [-0.2, 0) is 0 Å². The van der Waals surface area contributed by atoms with E-state index in [2.05, 4.69) is 31.0 Å². The molecule has 0 radical (unpaired) electrons. The molecule has 1 aliphatic carbocycles. The Bertz CT molecular complexity index is 213. The standard InChI is InChI=1S/C13H26N2/c1-4-14-11-6-5-7-12(11)15-9-8-13(2,3)10-15/h11-12,14H,4-10H2,1-3H3. The molecule has 0 aromatic heterocycles. The summed E-state index contributed by atoms with van der Waals surface area (Å²) in [5.74, 6) is 0. The number of nitrogens with one attached hydrogen (secondary N) is 1. The molecule has 2 aliphatic rings. The number of hydrogen-bond acceptors (Lipinski definition) is 2. The van der Waals surface area contributed by atoms with Gasteiger partial charge >= 0.3 is 0 Å². The van der Waals surface area contributed by atoms with Crippen LogP contribution < -0.4 is 5.32 Å². The van der Waals surface area contributed by atoms with Crippen LogP contribution in [0.15, 0.2) is 0 Å². The molecule has 88 valence electrons. The normalized spacial score (nSPS) is 36.2. The summed E-state index contributed by atoms with van der Waals surface area (Å²) in [7, 11) is 0. The van der Waals surface area contributed by atoms with Gasteiger partial charge in [0.05, 0.1) is 0 Å². The van der Waals surface area contributed by atoms with Gasteiger partial charge in [-0.15, -0.1) is 0 Å². The molecule has 2 atom stereocenters. The van der Waals surface area contributed by atoms with Crippen LogP contribution >= 0.6 is 0 Å². The van der Waals surface area contributed by atoms with Crippen LogP contribution in [0.4, 0.5) is 0 Å². The lowest BCUT2D eigenvalue weighted by molar-refractivity contribution is 0.192. The third-order valence-corrected chi connectivity index (χ3v) is 4.12. The average molecular weight is 210 g/mol. The quantitative estimate of drug-likeness (QED) is 0.768. The zero-order valence-corrected chi connectivity index (χ0v) is 10.6. The average Bonchev–Trinajstić information content (AvgIpc) is 2.72. The highest BCUT2D eigenvalue weighted by Crippen LogP contribution is 2.34. The summed E-state index contributed by atoms with van der Waals surface area (Å²) in [5, 5.41) is 3.66. The van der Waals surface area contributed by atoms with E-state index >= 15 is 0 Å². The maximum Gasteiger partial charge on any atom is 0.0249 e. The fourth-order valence-electron chi connectivity index (χ4n) is 3.32. The predicted octanol–water partition coefficient (Wildman–Crippen LogP) is 2.25. The minimum Gasteiger partial charge on any atom is -0.313 e. The number of hydrogen-bond donors (Lipinski definition) is 1. The van der Waals surface area contributed by atoms with E-state index in [0.717, 1.165) is 18.6 Å². The van der Waals surface area contributed by atoms with Crippen molar-refractivity contribution in [1.29, 1.82) is 0 Å². The Hall–Kier alpha value is -0.0800. The molecular formula is C13H26N2. The molecular weight excluding hydrogens is 184 g/mol. The number of rotatable bonds is 3. The van der Waals surface area contributed by atoms with Gasteiger partial charge in [-0.1, -0.05) is 27.2 Å². The van der Waals surface area contributed by atoms with Crippen molar-refractivity contribution in [1.82, 2.24) is 10.2 Å². The molecule has 0 bridgehead atoms. The Labute approximate surface area is 94.4 Å². The number of nitrogens with zero attached hydrogens (tertiary/aromatic N) is 1. The first-order valence-corrected chi connectivity index (χ1v) is 6.60. The Morgan fingerprint density at radius 1 is 1.33 bits per heavy atom. The molecule has 15 heavy (non-hydrogen) atoms. The zero-order chi connectivity index (χ0) is 10.9. The highest BCUT2D eigenvalue weighted by atomic mass is 15.2. The predicted molar refractivity (Wildman–Crippen MR) is 65.1 cm³/mol. The van der Waals surface area contributed by atoms with Crippen LogP contribution in [0.5, 0.6) is 0 Å². The van der Waals surface area contributed by atoms with Gasteiger partial charge in [0.25, 0.3) is 0 Å². The maximum absolute atomic E-state index is 3.66. The highest BCUT2D eigenvalue weighted by Gasteiger charge is 2.38. The Morgan fingerprint density at radius 3 is 2.73 bits per heavy atom. The van der Waals surface area contributed by atoms with Crippen molar-refractivity contribution in [3.05, 3.63) is 0 Å². The van der Waals surface area contributed by atoms with Crippen molar-refractivity contribution in [2.75, 3.05) is 19.6 Å². The number of likely N-dealkylation sites (N-methyl/N-ethyl adjacent to an activating group) is 1. The lowest BCUT2D eigenvalue weighted by atomic mass is 9.93. The van der Waals surface area contributed by atoms with E-state index in [1.807, 2.05) is 0 Å². The van der Waals surface area contributed by atoms with Crippen LogP contribution in [0.25, 0.3) is 0 Å². The van der Waals surface area contributed by atoms with Crippen LogP contribution in [0.3, 0.4) is 0 Å². The van der Waals surface area contributed by atoms with Gasteiger partial charge < -0.3 is 5.32 Å². The van der Waals surface area contributed by atoms with Gasteiger partial charge in [-0.3, -0.25) is 4.90 Å². The van der Waals surface area contributed by atoms with Gasteiger partial charge in [-0.25, -0.2) is 0 Å². The second-order valence-corrected chi connectivity index (χ2v) is 6.05. The van der Waals surface area contributed by atoms with Crippen LogP contribution in [0.1, 0.15) is 46.5 Å². The minimum absolute atomic E-state index is 0.555. The van der Waals surface area contributed by atoms with Crippen molar-refractivity contribution in [3.8, 4) is 0 Å². The second-order valence-electron chi connectivity index (χ2n) is 6.05. The molecule has 1 saturated carbocycles. The first-order chi connectivity index (χ1) is 7.12. The molecule has 0 aromatic carbocycles. The lowest BCUT2D eigenvalue weighted by Gasteiger charge is -2.31. The van der Waals surface area contributed by atoms with Crippen LogP contribution in [0, 0.1) is 5.41 Å². The minimum atomic E-state index is 0.555. The fourth-order valence-corrected chi connectivity index (χ4v) is 3.32. The summed E-state index contributed by atoms with van der Waals surface area (Å²) in [5.41, 5.74) is 0.555. The third-order valence-electron chi connectivity index (χ3n) is 4.12.